The summed E-state index contributed by atoms with van der Waals surface area (Å²) in [6.45, 7) is 0. The minimum Gasteiger partial charge on any atom is -0.306 e. The van der Waals surface area contributed by atoms with Gasteiger partial charge in [-0.2, -0.15) is 0 Å². The largest absolute Gasteiger partial charge is 0.306 e. The van der Waals surface area contributed by atoms with Crippen LogP contribution in [-0.4, -0.2) is 4.57 Å². The second-order valence-corrected chi connectivity index (χ2v) is 12.9. The highest BCUT2D eigenvalue weighted by atomic mass is 32.1. The van der Waals surface area contributed by atoms with Crippen LogP contribution in [0.15, 0.2) is 158 Å². The van der Waals surface area contributed by atoms with Crippen LogP contribution in [0, 0.1) is 0 Å². The second kappa shape index (κ2) is 9.43. The number of aromatic nitrogens is 1. The van der Waals surface area contributed by atoms with Gasteiger partial charge < -0.3 is 9.47 Å². The van der Waals surface area contributed by atoms with Crippen molar-refractivity contribution in [3.05, 3.63) is 158 Å². The van der Waals surface area contributed by atoms with Crippen LogP contribution in [0.25, 0.3) is 69.9 Å². The first-order valence-corrected chi connectivity index (χ1v) is 16.2. The van der Waals surface area contributed by atoms with Gasteiger partial charge in [-0.3, -0.25) is 0 Å². The van der Waals surface area contributed by atoms with E-state index < -0.39 is 0 Å². The van der Waals surface area contributed by atoms with Crippen molar-refractivity contribution in [2.75, 3.05) is 4.90 Å². The van der Waals surface area contributed by atoms with Gasteiger partial charge in [0.15, 0.2) is 0 Å². The van der Waals surface area contributed by atoms with Gasteiger partial charge in [0.05, 0.1) is 28.1 Å². The molecule has 0 amide bonds. The van der Waals surface area contributed by atoms with Crippen LogP contribution in [0.1, 0.15) is 0 Å². The van der Waals surface area contributed by atoms with Crippen LogP contribution in [0.4, 0.5) is 17.1 Å². The van der Waals surface area contributed by atoms with E-state index in [1.54, 1.807) is 0 Å². The molecule has 1 aliphatic heterocycles. The molecule has 0 fully saturated rings. The minimum absolute atomic E-state index is 1.15. The Balaban J connectivity index is 1.33. The molecule has 0 radical (unpaired) electrons. The zero-order valence-electron chi connectivity index (χ0n) is 24.3. The first-order valence-electron chi connectivity index (χ1n) is 15.4. The lowest BCUT2D eigenvalue weighted by molar-refractivity contribution is 1.12. The Kier molecular flexibility index (Phi) is 5.19. The highest BCUT2D eigenvalue weighted by molar-refractivity contribution is 7.26. The highest BCUT2D eigenvalue weighted by Gasteiger charge is 2.30. The summed E-state index contributed by atoms with van der Waals surface area (Å²) in [6.07, 6.45) is 0. The molecule has 0 spiro atoms. The van der Waals surface area contributed by atoms with Crippen molar-refractivity contribution in [3.8, 4) is 27.9 Å². The number of fused-ring (bicyclic) bond motifs is 9. The Bertz CT molecular complexity index is 2530. The minimum atomic E-state index is 1.15. The molecule has 9 aromatic rings. The molecule has 3 heterocycles. The van der Waals surface area contributed by atoms with Gasteiger partial charge >= 0.3 is 0 Å². The van der Waals surface area contributed by atoms with E-state index >= 15 is 0 Å². The number of para-hydroxylation sites is 3. The molecule has 0 bridgehead atoms. The molecule has 3 heteroatoms. The summed E-state index contributed by atoms with van der Waals surface area (Å²) < 4.78 is 5.19. The Morgan fingerprint density at radius 2 is 0.978 bits per heavy atom. The van der Waals surface area contributed by atoms with E-state index in [0.29, 0.717) is 0 Å². The molecule has 0 aliphatic carbocycles. The van der Waals surface area contributed by atoms with Crippen LogP contribution < -0.4 is 4.90 Å². The molecule has 0 saturated heterocycles. The average molecular weight is 591 g/mol. The quantitative estimate of drug-likeness (QED) is 0.199. The lowest BCUT2D eigenvalue weighted by Crippen LogP contribution is -2.18. The number of thiophene rings is 1. The number of rotatable bonds is 3. The number of benzene rings is 7. The molecule has 2 aromatic heterocycles. The van der Waals surface area contributed by atoms with Gasteiger partial charge in [-0.25, -0.2) is 0 Å². The van der Waals surface area contributed by atoms with Crippen LogP contribution in [0.5, 0.6) is 0 Å². The van der Waals surface area contributed by atoms with Crippen molar-refractivity contribution >= 4 is 70.4 Å². The Labute approximate surface area is 264 Å². The summed E-state index contributed by atoms with van der Waals surface area (Å²) in [6, 6.07) is 57.6. The van der Waals surface area contributed by atoms with Crippen LogP contribution in [0.3, 0.4) is 0 Å². The molecular formula is C42H26N2S. The number of hydrogen-bond donors (Lipinski definition) is 0. The van der Waals surface area contributed by atoms with E-state index in [1.807, 2.05) is 11.3 Å². The van der Waals surface area contributed by atoms with Gasteiger partial charge in [0.1, 0.15) is 0 Å². The van der Waals surface area contributed by atoms with E-state index in [4.69, 9.17) is 0 Å². The van der Waals surface area contributed by atoms with E-state index in [-0.39, 0.29) is 0 Å². The Hall–Kier alpha value is -5.64. The lowest BCUT2D eigenvalue weighted by atomic mass is 9.97. The van der Waals surface area contributed by atoms with Crippen LogP contribution >= 0.6 is 11.3 Å². The standard InChI is InChI=1S/C42H26N2S/c1-3-12-27(13-4-1)29-24-30(28-14-5-2-6-15-28)26-31(25-29)43-35-18-8-9-19-36(35)44-41-32(17-11-20-37(41)43)33-22-23-39-40(42(33)44)34-16-7-10-21-38(34)45-39/h1-26H. The van der Waals surface area contributed by atoms with E-state index in [0.717, 1.165) is 5.69 Å². The number of hydrogen-bond acceptors (Lipinski definition) is 2. The molecule has 0 atom stereocenters. The maximum absolute atomic E-state index is 2.53. The second-order valence-electron chi connectivity index (χ2n) is 11.8. The predicted molar refractivity (Wildman–Crippen MR) is 193 cm³/mol. The normalized spacial score (nSPS) is 12.4. The fraction of sp³-hybridized carbons (Fsp3) is 0. The molecule has 10 rings (SSSR count). The van der Waals surface area contributed by atoms with Gasteiger partial charge in [-0.15, -0.1) is 11.3 Å². The molecule has 210 valence electrons. The SMILES string of the molecule is c1ccc(-c2cc(-c3ccccc3)cc(N3c4ccccc4-n4c5c3cccc5c3ccc5sc6ccccc6c5c34)c2)cc1. The third kappa shape index (κ3) is 3.56. The van der Waals surface area contributed by atoms with E-state index in [2.05, 4.69) is 167 Å². The molecule has 2 nitrogen and oxygen atoms in total. The zero-order valence-corrected chi connectivity index (χ0v) is 25.1. The summed E-state index contributed by atoms with van der Waals surface area (Å²) in [5.41, 5.74) is 12.1. The van der Waals surface area contributed by atoms with Gasteiger partial charge in [0.25, 0.3) is 0 Å². The van der Waals surface area contributed by atoms with Crippen LogP contribution in [0.2, 0.25) is 0 Å². The van der Waals surface area contributed by atoms with Crippen molar-refractivity contribution in [1.29, 1.82) is 0 Å². The topological polar surface area (TPSA) is 8.17 Å². The highest BCUT2D eigenvalue weighted by Crippen LogP contribution is 2.52. The van der Waals surface area contributed by atoms with Gasteiger partial charge in [0.2, 0.25) is 0 Å². The lowest BCUT2D eigenvalue weighted by Gasteiger charge is -2.33. The summed E-state index contributed by atoms with van der Waals surface area (Å²) in [5.74, 6) is 0. The van der Waals surface area contributed by atoms with Crippen molar-refractivity contribution < 1.29 is 0 Å². The zero-order chi connectivity index (χ0) is 29.5. The molecule has 1 aliphatic rings. The predicted octanol–water partition coefficient (Wildman–Crippen LogP) is 12.3. The van der Waals surface area contributed by atoms with Crippen molar-refractivity contribution in [2.45, 2.75) is 0 Å². The molecular weight excluding hydrogens is 565 g/mol. The van der Waals surface area contributed by atoms with Gasteiger partial charge in [-0.1, -0.05) is 109 Å². The van der Waals surface area contributed by atoms with E-state index in [1.165, 1.54) is 81.3 Å². The number of anilines is 3. The molecule has 45 heavy (non-hydrogen) atoms. The molecule has 0 unspecified atom stereocenters. The van der Waals surface area contributed by atoms with E-state index in [9.17, 15) is 0 Å². The monoisotopic (exact) mass is 590 g/mol. The van der Waals surface area contributed by atoms with Gasteiger partial charge in [0, 0.05) is 36.6 Å². The maximum atomic E-state index is 2.53. The average Bonchev–Trinajstić information content (AvgIpc) is 3.66. The smallest absolute Gasteiger partial charge is 0.0783 e. The van der Waals surface area contributed by atoms with Gasteiger partial charge in [-0.05, 0) is 70.8 Å². The number of nitrogens with zero attached hydrogens (tertiary/aromatic N) is 2. The van der Waals surface area contributed by atoms with Crippen molar-refractivity contribution in [2.24, 2.45) is 0 Å². The first-order chi connectivity index (χ1) is 22.3. The maximum Gasteiger partial charge on any atom is 0.0783 e. The fourth-order valence-electron chi connectivity index (χ4n) is 7.35. The summed E-state index contributed by atoms with van der Waals surface area (Å²) in [4.78, 5) is 2.47. The van der Waals surface area contributed by atoms with Crippen molar-refractivity contribution in [1.82, 2.24) is 4.57 Å². The first kappa shape index (κ1) is 24.8. The Morgan fingerprint density at radius 1 is 0.378 bits per heavy atom. The third-order valence-electron chi connectivity index (χ3n) is 9.26. The fourth-order valence-corrected chi connectivity index (χ4v) is 8.46. The third-order valence-corrected chi connectivity index (χ3v) is 10.4. The van der Waals surface area contributed by atoms with Crippen LogP contribution in [-0.2, 0) is 0 Å². The molecule has 0 N–H and O–H groups in total. The molecule has 7 aromatic carbocycles. The summed E-state index contributed by atoms with van der Waals surface area (Å²) in [7, 11) is 0. The van der Waals surface area contributed by atoms with Crippen molar-refractivity contribution in [3.63, 3.8) is 0 Å². The Morgan fingerprint density at radius 3 is 1.73 bits per heavy atom. The summed E-state index contributed by atoms with van der Waals surface area (Å²) >= 11 is 1.88. The molecule has 0 saturated carbocycles. The summed E-state index contributed by atoms with van der Waals surface area (Å²) in [5, 5.41) is 5.24.